The molecular formula is C40H29BNO2. The first kappa shape index (κ1) is 27.3. The van der Waals surface area contributed by atoms with Crippen molar-refractivity contribution < 1.29 is 9.68 Å². The molecule has 0 aromatic heterocycles. The SMILES string of the molecule is O[B]Oc1ccc(N(c2cccc(-c3ccccc3)c2)c2ccc(-c3ccccc3)c(-c3ccc4ccccc4c3)c2)cc1. The first-order valence-electron chi connectivity index (χ1n) is 14.6. The Morgan fingerprint density at radius 1 is 0.409 bits per heavy atom. The van der Waals surface area contributed by atoms with Gasteiger partial charge in [-0.1, -0.05) is 115 Å². The van der Waals surface area contributed by atoms with Crippen LogP contribution in [0.1, 0.15) is 0 Å². The van der Waals surface area contributed by atoms with E-state index in [2.05, 4.69) is 144 Å². The van der Waals surface area contributed by atoms with Crippen LogP contribution in [0.5, 0.6) is 5.75 Å². The van der Waals surface area contributed by atoms with Crippen LogP contribution in [-0.4, -0.2) is 12.7 Å². The Morgan fingerprint density at radius 3 is 1.80 bits per heavy atom. The molecule has 0 unspecified atom stereocenters. The lowest BCUT2D eigenvalue weighted by atomic mass is 9.92. The van der Waals surface area contributed by atoms with Gasteiger partial charge in [-0.05, 0) is 98.8 Å². The van der Waals surface area contributed by atoms with Crippen LogP contribution in [0.3, 0.4) is 0 Å². The second kappa shape index (κ2) is 12.3. The van der Waals surface area contributed by atoms with Gasteiger partial charge in [-0.15, -0.1) is 0 Å². The van der Waals surface area contributed by atoms with Crippen molar-refractivity contribution in [1.29, 1.82) is 0 Å². The van der Waals surface area contributed by atoms with E-state index in [1.807, 2.05) is 30.3 Å². The number of rotatable bonds is 8. The van der Waals surface area contributed by atoms with Gasteiger partial charge >= 0.3 is 7.69 Å². The fraction of sp³-hybridized carbons (Fsp3) is 0. The van der Waals surface area contributed by atoms with Crippen LogP contribution in [0.4, 0.5) is 17.1 Å². The van der Waals surface area contributed by atoms with Gasteiger partial charge in [-0.2, -0.15) is 0 Å². The maximum absolute atomic E-state index is 9.16. The summed E-state index contributed by atoms with van der Waals surface area (Å²) in [6.07, 6.45) is 0. The molecule has 7 aromatic carbocycles. The van der Waals surface area contributed by atoms with Crippen LogP contribution >= 0.6 is 0 Å². The molecule has 0 heterocycles. The molecule has 1 radical (unpaired) electrons. The zero-order valence-electron chi connectivity index (χ0n) is 24.0. The second-order valence-electron chi connectivity index (χ2n) is 10.6. The normalized spacial score (nSPS) is 10.8. The fourth-order valence-corrected chi connectivity index (χ4v) is 5.77. The quantitative estimate of drug-likeness (QED) is 0.186. The van der Waals surface area contributed by atoms with Gasteiger partial charge in [0, 0.05) is 17.1 Å². The molecule has 0 saturated carbocycles. The van der Waals surface area contributed by atoms with E-state index in [4.69, 9.17) is 9.68 Å². The van der Waals surface area contributed by atoms with Crippen molar-refractivity contribution >= 4 is 35.5 Å². The first-order chi connectivity index (χ1) is 21.8. The maximum Gasteiger partial charge on any atom is 0.569 e. The van der Waals surface area contributed by atoms with Crippen LogP contribution in [-0.2, 0) is 0 Å². The van der Waals surface area contributed by atoms with Crippen LogP contribution in [0.2, 0.25) is 0 Å². The highest BCUT2D eigenvalue weighted by Gasteiger charge is 2.17. The van der Waals surface area contributed by atoms with Crippen LogP contribution in [0.15, 0.2) is 170 Å². The summed E-state index contributed by atoms with van der Waals surface area (Å²) >= 11 is 0. The van der Waals surface area contributed by atoms with Crippen molar-refractivity contribution in [2.45, 2.75) is 0 Å². The Balaban J connectivity index is 1.42. The zero-order chi connectivity index (χ0) is 29.7. The number of fused-ring (bicyclic) bond motifs is 1. The van der Waals surface area contributed by atoms with E-state index < -0.39 is 0 Å². The Bertz CT molecular complexity index is 2030. The summed E-state index contributed by atoms with van der Waals surface area (Å²) < 4.78 is 5.22. The van der Waals surface area contributed by atoms with Gasteiger partial charge < -0.3 is 14.6 Å². The molecule has 0 aliphatic carbocycles. The predicted molar refractivity (Wildman–Crippen MR) is 184 cm³/mol. The highest BCUT2D eigenvalue weighted by molar-refractivity contribution is 6.17. The average Bonchev–Trinajstić information content (AvgIpc) is 3.10. The fourth-order valence-electron chi connectivity index (χ4n) is 5.77. The van der Waals surface area contributed by atoms with E-state index in [-0.39, 0.29) is 0 Å². The number of hydrogen-bond acceptors (Lipinski definition) is 3. The van der Waals surface area contributed by atoms with Gasteiger partial charge in [0.25, 0.3) is 0 Å². The van der Waals surface area contributed by atoms with Crippen LogP contribution in [0, 0.1) is 0 Å². The van der Waals surface area contributed by atoms with Gasteiger partial charge in [0.15, 0.2) is 0 Å². The molecule has 1 N–H and O–H groups in total. The van der Waals surface area contributed by atoms with Crippen molar-refractivity contribution in [3.05, 3.63) is 170 Å². The smallest absolute Gasteiger partial charge is 0.537 e. The molecule has 0 spiro atoms. The molecule has 3 nitrogen and oxygen atoms in total. The van der Waals surface area contributed by atoms with Gasteiger partial charge in [-0.3, -0.25) is 0 Å². The van der Waals surface area contributed by atoms with Gasteiger partial charge in [-0.25, -0.2) is 0 Å². The summed E-state index contributed by atoms with van der Waals surface area (Å²) in [6.45, 7) is 0. The van der Waals surface area contributed by atoms with Gasteiger partial charge in [0.2, 0.25) is 0 Å². The predicted octanol–water partition coefficient (Wildman–Crippen LogP) is 10.2. The number of hydrogen-bond donors (Lipinski definition) is 1. The van der Waals surface area contributed by atoms with E-state index in [1.165, 1.54) is 21.9 Å². The summed E-state index contributed by atoms with van der Waals surface area (Å²) in [5.74, 6) is 0.561. The summed E-state index contributed by atoms with van der Waals surface area (Å²) in [5.41, 5.74) is 9.98. The molecule has 0 atom stereocenters. The third kappa shape index (κ3) is 5.59. The minimum Gasteiger partial charge on any atom is -0.537 e. The summed E-state index contributed by atoms with van der Waals surface area (Å²) in [4.78, 5) is 2.26. The van der Waals surface area contributed by atoms with Crippen molar-refractivity contribution in [3.63, 3.8) is 0 Å². The topological polar surface area (TPSA) is 32.7 Å². The summed E-state index contributed by atoms with van der Waals surface area (Å²) in [5, 5.41) is 11.6. The van der Waals surface area contributed by atoms with Crippen molar-refractivity contribution in [2.24, 2.45) is 0 Å². The third-order valence-corrected chi connectivity index (χ3v) is 7.90. The van der Waals surface area contributed by atoms with E-state index in [0.717, 1.165) is 39.3 Å². The largest absolute Gasteiger partial charge is 0.569 e. The van der Waals surface area contributed by atoms with Crippen molar-refractivity contribution in [3.8, 4) is 39.1 Å². The minimum absolute atomic E-state index is 0.561. The van der Waals surface area contributed by atoms with E-state index in [9.17, 15) is 0 Å². The lowest BCUT2D eigenvalue weighted by Crippen LogP contribution is -2.10. The van der Waals surface area contributed by atoms with Gasteiger partial charge in [0.1, 0.15) is 5.75 Å². The maximum atomic E-state index is 9.16. The first-order valence-corrected chi connectivity index (χ1v) is 14.6. The molecule has 0 aliphatic heterocycles. The lowest BCUT2D eigenvalue weighted by Gasteiger charge is -2.27. The van der Waals surface area contributed by atoms with Crippen molar-refractivity contribution in [2.75, 3.05) is 4.90 Å². The van der Waals surface area contributed by atoms with E-state index in [0.29, 0.717) is 13.4 Å². The molecule has 0 fully saturated rings. The van der Waals surface area contributed by atoms with Gasteiger partial charge in [0.05, 0.1) is 0 Å². The molecule has 4 heteroatoms. The van der Waals surface area contributed by atoms with E-state index in [1.54, 1.807) is 0 Å². The Labute approximate surface area is 258 Å². The highest BCUT2D eigenvalue weighted by atomic mass is 16.5. The minimum atomic E-state index is 0.561. The van der Waals surface area contributed by atoms with Crippen LogP contribution in [0.25, 0.3) is 44.2 Å². The number of benzene rings is 7. The number of anilines is 3. The highest BCUT2D eigenvalue weighted by Crippen LogP contribution is 2.42. The van der Waals surface area contributed by atoms with Crippen molar-refractivity contribution in [1.82, 2.24) is 0 Å². The average molecular weight is 566 g/mol. The monoisotopic (exact) mass is 566 g/mol. The third-order valence-electron chi connectivity index (χ3n) is 7.90. The zero-order valence-corrected chi connectivity index (χ0v) is 24.0. The molecule has 0 saturated heterocycles. The molecule has 209 valence electrons. The molecular weight excluding hydrogens is 537 g/mol. The molecule has 7 rings (SSSR count). The molecule has 0 amide bonds. The summed E-state index contributed by atoms with van der Waals surface area (Å²) in [6, 6.07) is 59.2. The standard InChI is InChI=1S/C40H29BNO2/c43-41-44-38-23-20-35(21-24-38)42(36-17-9-16-33(27-36)29-10-3-1-4-11-29)37-22-25-39(31-13-5-2-6-14-31)40(28-37)34-19-18-30-12-7-8-15-32(30)26-34/h1-28,43H. The van der Waals surface area contributed by atoms with E-state index >= 15 is 0 Å². The summed E-state index contributed by atoms with van der Waals surface area (Å²) in [7, 11) is 0.703. The molecule has 0 bridgehead atoms. The molecule has 44 heavy (non-hydrogen) atoms. The Hall–Kier alpha value is -5.58. The second-order valence-corrected chi connectivity index (χ2v) is 10.6. The Morgan fingerprint density at radius 2 is 1.05 bits per heavy atom. The number of nitrogens with zero attached hydrogens (tertiary/aromatic N) is 1. The molecule has 0 aliphatic rings. The lowest BCUT2D eigenvalue weighted by molar-refractivity contribution is 0.454. The molecule has 7 aromatic rings. The van der Waals surface area contributed by atoms with Crippen LogP contribution < -0.4 is 9.55 Å². The Kier molecular flexibility index (Phi) is 7.65.